The molecule has 114 valence electrons. The number of aromatic amines is 1. The zero-order valence-electron chi connectivity index (χ0n) is 12.8. The number of benzene rings is 1. The van der Waals surface area contributed by atoms with Gasteiger partial charge >= 0.3 is 0 Å². The molecule has 0 amide bonds. The second-order valence-electron chi connectivity index (χ2n) is 5.23. The van der Waals surface area contributed by atoms with Gasteiger partial charge in [0.1, 0.15) is 0 Å². The lowest BCUT2D eigenvalue weighted by Gasteiger charge is -2.05. The van der Waals surface area contributed by atoms with Gasteiger partial charge in [0.25, 0.3) is 0 Å². The van der Waals surface area contributed by atoms with Crippen LogP contribution in [0.5, 0.6) is 0 Å². The van der Waals surface area contributed by atoms with Crippen LogP contribution in [-0.4, -0.2) is 28.0 Å². The fraction of sp³-hybridized carbons (Fsp3) is 0.294. The molecule has 0 unspecified atom stereocenters. The number of anilines is 1. The molecule has 0 aliphatic heterocycles. The summed E-state index contributed by atoms with van der Waals surface area (Å²) in [5, 5.41) is 7.84. The number of aromatic nitrogens is 3. The van der Waals surface area contributed by atoms with Crippen LogP contribution in [0.3, 0.4) is 0 Å². The van der Waals surface area contributed by atoms with Gasteiger partial charge in [-0.3, -0.25) is 0 Å². The molecule has 0 aliphatic carbocycles. The average molecular weight is 295 g/mol. The molecule has 2 heterocycles. The summed E-state index contributed by atoms with van der Waals surface area (Å²) in [7, 11) is 0. The van der Waals surface area contributed by atoms with Crippen LogP contribution in [0.1, 0.15) is 18.1 Å². The highest BCUT2D eigenvalue weighted by Gasteiger charge is 2.02. The van der Waals surface area contributed by atoms with Crippen molar-refractivity contribution in [2.45, 2.75) is 19.9 Å². The number of rotatable bonds is 7. The van der Waals surface area contributed by atoms with E-state index in [1.165, 1.54) is 16.5 Å². The van der Waals surface area contributed by atoms with Crippen LogP contribution in [0, 0.1) is 0 Å². The van der Waals surface area contributed by atoms with E-state index in [1.54, 1.807) is 0 Å². The zero-order chi connectivity index (χ0) is 15.2. The Morgan fingerprint density at radius 1 is 1.14 bits per heavy atom. The van der Waals surface area contributed by atoms with Crippen molar-refractivity contribution < 1.29 is 0 Å². The lowest BCUT2D eigenvalue weighted by Crippen LogP contribution is -2.17. The fourth-order valence-electron chi connectivity index (χ4n) is 2.49. The van der Waals surface area contributed by atoms with Gasteiger partial charge in [-0.15, -0.1) is 0 Å². The van der Waals surface area contributed by atoms with Crippen LogP contribution in [0.2, 0.25) is 0 Å². The Hall–Kier alpha value is -2.40. The lowest BCUT2D eigenvalue weighted by atomic mass is 10.1. The van der Waals surface area contributed by atoms with Crippen LogP contribution in [0.15, 0.2) is 42.9 Å². The van der Waals surface area contributed by atoms with E-state index in [-0.39, 0.29) is 0 Å². The number of nitrogens with zero attached hydrogens (tertiary/aromatic N) is 2. The van der Waals surface area contributed by atoms with Gasteiger partial charge in [-0.05, 0) is 31.5 Å². The monoisotopic (exact) mass is 295 g/mol. The molecular formula is C17H21N5. The normalized spacial score (nSPS) is 11.0. The molecule has 0 spiro atoms. The minimum Gasteiger partial charge on any atom is -0.361 e. The molecule has 2 aromatic heterocycles. The number of nitrogens with one attached hydrogen (secondary N) is 3. The number of hydrogen-bond acceptors (Lipinski definition) is 4. The summed E-state index contributed by atoms with van der Waals surface area (Å²) in [4.78, 5) is 11.9. The molecule has 1 aromatic carbocycles. The molecule has 3 rings (SSSR count). The molecule has 0 bridgehead atoms. The Labute approximate surface area is 130 Å². The average Bonchev–Trinajstić information content (AvgIpc) is 2.97. The van der Waals surface area contributed by atoms with Crippen molar-refractivity contribution in [3.05, 3.63) is 54.0 Å². The summed E-state index contributed by atoms with van der Waals surface area (Å²) in [5.41, 5.74) is 3.65. The fourth-order valence-corrected chi connectivity index (χ4v) is 2.49. The van der Waals surface area contributed by atoms with Crippen molar-refractivity contribution in [3.63, 3.8) is 0 Å². The standard InChI is InChI=1S/C17H21N5/c1-2-19-17-21-10-13(11-22-17)9-18-8-7-14-12-20-16-6-4-3-5-15(14)16/h3-6,10-12,18,20H,2,7-9H2,1H3,(H,19,21,22). The first-order chi connectivity index (χ1) is 10.9. The topological polar surface area (TPSA) is 65.6 Å². The van der Waals surface area contributed by atoms with Crippen molar-refractivity contribution in [1.29, 1.82) is 0 Å². The summed E-state index contributed by atoms with van der Waals surface area (Å²) < 4.78 is 0. The van der Waals surface area contributed by atoms with Crippen molar-refractivity contribution in [3.8, 4) is 0 Å². The Kier molecular flexibility index (Phi) is 4.65. The van der Waals surface area contributed by atoms with Crippen LogP contribution >= 0.6 is 0 Å². The van der Waals surface area contributed by atoms with Crippen LogP contribution < -0.4 is 10.6 Å². The smallest absolute Gasteiger partial charge is 0.222 e. The van der Waals surface area contributed by atoms with Gasteiger partial charge in [0.2, 0.25) is 5.95 Å². The second kappa shape index (κ2) is 7.04. The van der Waals surface area contributed by atoms with Gasteiger partial charge in [-0.2, -0.15) is 0 Å². The maximum absolute atomic E-state index is 4.27. The van der Waals surface area contributed by atoms with E-state index >= 15 is 0 Å². The highest BCUT2D eigenvalue weighted by Crippen LogP contribution is 2.17. The van der Waals surface area contributed by atoms with Gasteiger partial charge in [0, 0.05) is 48.1 Å². The summed E-state index contributed by atoms with van der Waals surface area (Å²) in [5.74, 6) is 0.685. The van der Waals surface area contributed by atoms with E-state index < -0.39 is 0 Å². The maximum atomic E-state index is 4.27. The molecule has 0 saturated heterocycles. The molecule has 0 saturated carbocycles. The molecule has 3 aromatic rings. The first kappa shape index (κ1) is 14.5. The Morgan fingerprint density at radius 2 is 1.95 bits per heavy atom. The third-order valence-electron chi connectivity index (χ3n) is 3.62. The Bertz CT molecular complexity index is 717. The second-order valence-corrected chi connectivity index (χ2v) is 5.23. The largest absolute Gasteiger partial charge is 0.361 e. The third kappa shape index (κ3) is 3.43. The van der Waals surface area contributed by atoms with Crippen molar-refractivity contribution in [1.82, 2.24) is 20.3 Å². The number of hydrogen-bond donors (Lipinski definition) is 3. The van der Waals surface area contributed by atoms with Crippen LogP contribution in [0.25, 0.3) is 10.9 Å². The molecule has 0 fully saturated rings. The summed E-state index contributed by atoms with van der Waals surface area (Å²) in [6.07, 6.45) is 6.83. The van der Waals surface area contributed by atoms with Gasteiger partial charge in [0.15, 0.2) is 0 Å². The van der Waals surface area contributed by atoms with Crippen molar-refractivity contribution >= 4 is 16.9 Å². The highest BCUT2D eigenvalue weighted by molar-refractivity contribution is 5.83. The van der Waals surface area contributed by atoms with Crippen molar-refractivity contribution in [2.24, 2.45) is 0 Å². The van der Waals surface area contributed by atoms with Gasteiger partial charge < -0.3 is 15.6 Å². The number of H-pyrrole nitrogens is 1. The predicted molar refractivity (Wildman–Crippen MR) is 89.9 cm³/mol. The minimum absolute atomic E-state index is 0.685. The molecule has 0 aliphatic rings. The molecule has 22 heavy (non-hydrogen) atoms. The molecular weight excluding hydrogens is 274 g/mol. The van der Waals surface area contributed by atoms with Gasteiger partial charge in [-0.25, -0.2) is 9.97 Å². The number of fused-ring (bicyclic) bond motifs is 1. The van der Waals surface area contributed by atoms with Gasteiger partial charge in [-0.1, -0.05) is 18.2 Å². The highest BCUT2D eigenvalue weighted by atomic mass is 15.1. The zero-order valence-corrected chi connectivity index (χ0v) is 12.8. The quantitative estimate of drug-likeness (QED) is 0.586. The van der Waals surface area contributed by atoms with Crippen molar-refractivity contribution in [2.75, 3.05) is 18.4 Å². The third-order valence-corrected chi connectivity index (χ3v) is 3.62. The molecule has 0 radical (unpaired) electrons. The SMILES string of the molecule is CCNc1ncc(CNCCc2c[nH]c3ccccc23)cn1. The van der Waals surface area contributed by atoms with Crippen LogP contribution in [0.4, 0.5) is 5.95 Å². The summed E-state index contributed by atoms with van der Waals surface area (Å²) >= 11 is 0. The van der Waals surface area contributed by atoms with Crippen LogP contribution in [-0.2, 0) is 13.0 Å². The summed E-state index contributed by atoms with van der Waals surface area (Å²) in [6.45, 7) is 4.58. The number of para-hydroxylation sites is 1. The Morgan fingerprint density at radius 3 is 2.77 bits per heavy atom. The van der Waals surface area contributed by atoms with Gasteiger partial charge in [0.05, 0.1) is 0 Å². The summed E-state index contributed by atoms with van der Waals surface area (Å²) in [6, 6.07) is 8.40. The van der Waals surface area contributed by atoms with E-state index in [0.29, 0.717) is 5.95 Å². The molecule has 5 nitrogen and oxygen atoms in total. The van der Waals surface area contributed by atoms with E-state index in [0.717, 1.165) is 31.6 Å². The van der Waals surface area contributed by atoms with E-state index in [1.807, 2.05) is 19.3 Å². The lowest BCUT2D eigenvalue weighted by molar-refractivity contribution is 0.684. The molecule has 3 N–H and O–H groups in total. The first-order valence-electron chi connectivity index (χ1n) is 7.67. The predicted octanol–water partition coefficient (Wildman–Crippen LogP) is 2.72. The first-order valence-corrected chi connectivity index (χ1v) is 7.67. The van der Waals surface area contributed by atoms with E-state index in [9.17, 15) is 0 Å². The molecule has 0 atom stereocenters. The van der Waals surface area contributed by atoms with E-state index in [2.05, 4.69) is 56.0 Å². The minimum atomic E-state index is 0.685. The Balaban J connectivity index is 1.49. The van der Waals surface area contributed by atoms with E-state index in [4.69, 9.17) is 0 Å². The maximum Gasteiger partial charge on any atom is 0.222 e. The molecule has 5 heteroatoms.